The van der Waals surface area contributed by atoms with Crippen molar-refractivity contribution in [2.75, 3.05) is 5.32 Å². The molecule has 3 rings (SSSR count). The predicted molar refractivity (Wildman–Crippen MR) is 96.3 cm³/mol. The van der Waals surface area contributed by atoms with Crippen molar-refractivity contribution in [3.8, 4) is 11.3 Å². The normalized spacial score (nSPS) is 10.6. The Hall–Kier alpha value is -1.95. The van der Waals surface area contributed by atoms with Crippen LogP contribution in [0.15, 0.2) is 47.8 Å². The maximum Gasteiger partial charge on any atom is 0.230 e. The van der Waals surface area contributed by atoms with Gasteiger partial charge in [-0.15, -0.1) is 11.3 Å². The highest BCUT2D eigenvalue weighted by atomic mass is 35.5. The van der Waals surface area contributed by atoms with Crippen LogP contribution in [-0.2, 0) is 11.2 Å². The summed E-state index contributed by atoms with van der Waals surface area (Å²) in [5.74, 6) is -0.540. The third-order valence-electron chi connectivity index (χ3n) is 3.24. The highest BCUT2D eigenvalue weighted by molar-refractivity contribution is 7.14. The van der Waals surface area contributed by atoms with Crippen molar-refractivity contribution in [3.05, 3.63) is 69.3 Å². The van der Waals surface area contributed by atoms with E-state index in [-0.39, 0.29) is 18.1 Å². The van der Waals surface area contributed by atoms with Gasteiger partial charge in [0.1, 0.15) is 5.82 Å². The molecule has 3 aromatic rings. The van der Waals surface area contributed by atoms with Crippen molar-refractivity contribution >= 4 is 45.6 Å². The molecule has 0 radical (unpaired) electrons. The van der Waals surface area contributed by atoms with Crippen LogP contribution in [-0.4, -0.2) is 10.9 Å². The predicted octanol–water partition coefficient (Wildman–Crippen LogP) is 5.44. The Kier molecular flexibility index (Phi) is 5.14. The summed E-state index contributed by atoms with van der Waals surface area (Å²) >= 11 is 13.2. The molecule has 7 heteroatoms. The number of amides is 1. The van der Waals surface area contributed by atoms with E-state index in [1.54, 1.807) is 24.3 Å². The molecule has 0 spiro atoms. The van der Waals surface area contributed by atoms with Gasteiger partial charge in [0.25, 0.3) is 0 Å². The zero-order valence-corrected chi connectivity index (χ0v) is 14.6. The Balaban J connectivity index is 1.68. The van der Waals surface area contributed by atoms with Crippen LogP contribution in [0.4, 0.5) is 9.52 Å². The molecule has 3 nitrogen and oxygen atoms in total. The standard InChI is InChI=1S/C17H11Cl2FN2OS/c18-13-6-3-11(8-14(13)19)15-9-24-17(21-15)22-16(23)7-10-1-4-12(20)5-2-10/h1-6,8-9H,7H2,(H,21,22,23). The van der Waals surface area contributed by atoms with Gasteiger partial charge < -0.3 is 5.32 Å². The SMILES string of the molecule is O=C(Cc1ccc(F)cc1)Nc1nc(-c2ccc(Cl)c(Cl)c2)cs1. The second kappa shape index (κ2) is 7.30. The number of carbonyl (C=O) groups excluding carboxylic acids is 1. The number of hydrogen-bond donors (Lipinski definition) is 1. The summed E-state index contributed by atoms with van der Waals surface area (Å²) in [5.41, 5.74) is 2.26. The molecule has 1 N–H and O–H groups in total. The van der Waals surface area contributed by atoms with Crippen molar-refractivity contribution < 1.29 is 9.18 Å². The molecule has 0 aliphatic rings. The Morgan fingerprint density at radius 3 is 2.58 bits per heavy atom. The van der Waals surface area contributed by atoms with Crippen LogP contribution >= 0.6 is 34.5 Å². The van der Waals surface area contributed by atoms with E-state index in [1.807, 2.05) is 11.4 Å². The van der Waals surface area contributed by atoms with E-state index in [4.69, 9.17) is 23.2 Å². The first-order chi connectivity index (χ1) is 11.5. The van der Waals surface area contributed by atoms with E-state index in [2.05, 4.69) is 10.3 Å². The van der Waals surface area contributed by atoms with Gasteiger partial charge >= 0.3 is 0 Å². The van der Waals surface area contributed by atoms with Crippen molar-refractivity contribution in [2.24, 2.45) is 0 Å². The van der Waals surface area contributed by atoms with Crippen LogP contribution in [0.1, 0.15) is 5.56 Å². The monoisotopic (exact) mass is 380 g/mol. The van der Waals surface area contributed by atoms with Gasteiger partial charge in [-0.1, -0.05) is 41.4 Å². The number of aromatic nitrogens is 1. The molecule has 2 aromatic carbocycles. The topological polar surface area (TPSA) is 42.0 Å². The largest absolute Gasteiger partial charge is 0.302 e. The third-order valence-corrected chi connectivity index (χ3v) is 4.74. The minimum Gasteiger partial charge on any atom is -0.302 e. The van der Waals surface area contributed by atoms with Crippen LogP contribution in [0.3, 0.4) is 0 Å². The zero-order valence-electron chi connectivity index (χ0n) is 12.2. The van der Waals surface area contributed by atoms with Gasteiger partial charge in [0.15, 0.2) is 5.13 Å². The summed E-state index contributed by atoms with van der Waals surface area (Å²) in [6, 6.07) is 11.1. The van der Waals surface area contributed by atoms with Crippen LogP contribution < -0.4 is 5.32 Å². The lowest BCUT2D eigenvalue weighted by atomic mass is 10.1. The number of nitrogens with zero attached hydrogens (tertiary/aromatic N) is 1. The number of rotatable bonds is 4. The van der Waals surface area contributed by atoms with E-state index in [0.29, 0.717) is 20.9 Å². The van der Waals surface area contributed by atoms with E-state index >= 15 is 0 Å². The molecular weight excluding hydrogens is 370 g/mol. The number of hydrogen-bond acceptors (Lipinski definition) is 3. The molecule has 1 amide bonds. The second-order valence-electron chi connectivity index (χ2n) is 5.02. The van der Waals surface area contributed by atoms with Crippen LogP contribution in [0, 0.1) is 5.82 Å². The lowest BCUT2D eigenvalue weighted by Gasteiger charge is -2.02. The Bertz CT molecular complexity index is 881. The molecular formula is C17H11Cl2FN2OS. The molecule has 0 unspecified atom stereocenters. The minimum absolute atomic E-state index is 0.155. The van der Waals surface area contributed by atoms with Gasteiger partial charge in [0, 0.05) is 10.9 Å². The van der Waals surface area contributed by atoms with Gasteiger partial charge in [0.05, 0.1) is 22.2 Å². The fourth-order valence-corrected chi connectivity index (χ4v) is 3.10. The van der Waals surface area contributed by atoms with Gasteiger partial charge in [-0.3, -0.25) is 4.79 Å². The number of carbonyl (C=O) groups is 1. The number of thiazole rings is 1. The first kappa shape index (κ1) is 16.9. The zero-order chi connectivity index (χ0) is 17.1. The van der Waals surface area contributed by atoms with E-state index in [9.17, 15) is 9.18 Å². The van der Waals surface area contributed by atoms with E-state index in [0.717, 1.165) is 11.1 Å². The molecule has 0 aliphatic heterocycles. The van der Waals surface area contributed by atoms with E-state index < -0.39 is 0 Å². The third kappa shape index (κ3) is 4.12. The molecule has 0 atom stereocenters. The average molecular weight is 381 g/mol. The first-order valence-electron chi connectivity index (χ1n) is 6.96. The van der Waals surface area contributed by atoms with Crippen molar-refractivity contribution in [3.63, 3.8) is 0 Å². The van der Waals surface area contributed by atoms with Gasteiger partial charge in [-0.2, -0.15) is 0 Å². The molecule has 1 heterocycles. The first-order valence-corrected chi connectivity index (χ1v) is 8.60. The van der Waals surface area contributed by atoms with Gasteiger partial charge in [0.2, 0.25) is 5.91 Å². The van der Waals surface area contributed by atoms with Crippen LogP contribution in [0.2, 0.25) is 10.0 Å². The summed E-state index contributed by atoms with van der Waals surface area (Å²) in [6.45, 7) is 0. The smallest absolute Gasteiger partial charge is 0.230 e. The maximum atomic E-state index is 12.9. The summed E-state index contributed by atoms with van der Waals surface area (Å²) in [4.78, 5) is 16.4. The second-order valence-corrected chi connectivity index (χ2v) is 6.69. The average Bonchev–Trinajstić information content (AvgIpc) is 3.00. The fraction of sp³-hybridized carbons (Fsp3) is 0.0588. The Morgan fingerprint density at radius 1 is 1.12 bits per heavy atom. The van der Waals surface area contributed by atoms with Crippen molar-refractivity contribution in [2.45, 2.75) is 6.42 Å². The van der Waals surface area contributed by atoms with Crippen molar-refractivity contribution in [1.82, 2.24) is 4.98 Å². The maximum absolute atomic E-state index is 12.9. The molecule has 122 valence electrons. The fourth-order valence-electron chi connectivity index (χ4n) is 2.07. The number of halogens is 3. The number of nitrogens with one attached hydrogen (secondary N) is 1. The summed E-state index contributed by atoms with van der Waals surface area (Å²) in [5, 5.41) is 5.98. The van der Waals surface area contributed by atoms with E-state index in [1.165, 1.54) is 23.5 Å². The molecule has 0 saturated carbocycles. The van der Waals surface area contributed by atoms with Crippen LogP contribution in [0.25, 0.3) is 11.3 Å². The van der Waals surface area contributed by atoms with Crippen molar-refractivity contribution in [1.29, 1.82) is 0 Å². The quantitative estimate of drug-likeness (QED) is 0.654. The summed E-state index contributed by atoms with van der Waals surface area (Å²) < 4.78 is 12.9. The molecule has 0 bridgehead atoms. The van der Waals surface area contributed by atoms with Gasteiger partial charge in [-0.05, 0) is 29.8 Å². The minimum atomic E-state index is -0.328. The molecule has 24 heavy (non-hydrogen) atoms. The molecule has 0 fully saturated rings. The van der Waals surface area contributed by atoms with Gasteiger partial charge in [-0.25, -0.2) is 9.37 Å². The number of benzene rings is 2. The van der Waals surface area contributed by atoms with Crippen LogP contribution in [0.5, 0.6) is 0 Å². The highest BCUT2D eigenvalue weighted by Crippen LogP contribution is 2.30. The lowest BCUT2D eigenvalue weighted by molar-refractivity contribution is -0.115. The summed E-state index contributed by atoms with van der Waals surface area (Å²) in [6.07, 6.45) is 0.155. The molecule has 0 saturated heterocycles. The Morgan fingerprint density at radius 2 is 1.88 bits per heavy atom. The lowest BCUT2D eigenvalue weighted by Crippen LogP contribution is -2.14. The summed E-state index contributed by atoms with van der Waals surface area (Å²) in [7, 11) is 0. The number of anilines is 1. The molecule has 1 aromatic heterocycles. The highest BCUT2D eigenvalue weighted by Gasteiger charge is 2.10. The Labute approximate surface area is 152 Å². The molecule has 0 aliphatic carbocycles.